The Balaban J connectivity index is 1.80. The lowest BCUT2D eigenvalue weighted by Crippen LogP contribution is -2.49. The van der Waals surface area contributed by atoms with Crippen molar-refractivity contribution < 1.29 is 23.0 Å². The summed E-state index contributed by atoms with van der Waals surface area (Å²) >= 11 is 0. The van der Waals surface area contributed by atoms with E-state index in [0.29, 0.717) is 26.2 Å². The Morgan fingerprint density at radius 3 is 2.50 bits per heavy atom. The summed E-state index contributed by atoms with van der Waals surface area (Å²) in [5, 5.41) is 0. The molecule has 0 amide bonds. The van der Waals surface area contributed by atoms with E-state index in [1.54, 1.807) is 12.1 Å². The predicted octanol–water partition coefficient (Wildman–Crippen LogP) is 1.53. The molecule has 2 heterocycles. The molecule has 0 bridgehead atoms. The molecular weight excluding hydrogens is 244 g/mol. The highest BCUT2D eigenvalue weighted by Gasteiger charge is 2.44. The summed E-state index contributed by atoms with van der Waals surface area (Å²) in [6.45, 7) is 1.72. The minimum Gasteiger partial charge on any atom is -0.395 e. The highest BCUT2D eigenvalue weighted by molar-refractivity contribution is 5.45. The molecule has 18 heavy (non-hydrogen) atoms. The van der Waals surface area contributed by atoms with Gasteiger partial charge in [0.15, 0.2) is 11.5 Å². The van der Waals surface area contributed by atoms with Crippen LogP contribution in [-0.2, 0) is 11.2 Å². The zero-order valence-corrected chi connectivity index (χ0v) is 9.62. The van der Waals surface area contributed by atoms with Crippen molar-refractivity contribution in [2.75, 3.05) is 19.8 Å². The van der Waals surface area contributed by atoms with Crippen LogP contribution in [0, 0.1) is 5.41 Å². The van der Waals surface area contributed by atoms with E-state index >= 15 is 0 Å². The summed E-state index contributed by atoms with van der Waals surface area (Å²) in [5.74, 6) is 0.139. The van der Waals surface area contributed by atoms with Crippen LogP contribution in [-0.4, -0.2) is 26.1 Å². The fourth-order valence-corrected chi connectivity index (χ4v) is 2.22. The van der Waals surface area contributed by atoms with Gasteiger partial charge in [0.1, 0.15) is 0 Å². The third-order valence-corrected chi connectivity index (χ3v) is 3.29. The molecule has 0 aliphatic carbocycles. The molecule has 2 N–H and O–H groups in total. The molecule has 6 heteroatoms. The van der Waals surface area contributed by atoms with Gasteiger partial charge in [0.05, 0.1) is 13.2 Å². The van der Waals surface area contributed by atoms with Crippen molar-refractivity contribution in [3.8, 4) is 11.5 Å². The highest BCUT2D eigenvalue weighted by Crippen LogP contribution is 2.42. The van der Waals surface area contributed by atoms with E-state index < -0.39 is 6.29 Å². The largest absolute Gasteiger partial charge is 0.586 e. The maximum Gasteiger partial charge on any atom is 0.586 e. The van der Waals surface area contributed by atoms with E-state index in [9.17, 15) is 8.78 Å². The SMILES string of the molecule is NCC1(Cc2ccc3c(c2)OC(F)(F)O3)COC1. The first-order valence-electron chi connectivity index (χ1n) is 5.69. The third kappa shape index (κ3) is 1.91. The molecule has 1 saturated heterocycles. The first kappa shape index (κ1) is 11.7. The second kappa shape index (κ2) is 3.80. The predicted molar refractivity (Wildman–Crippen MR) is 58.7 cm³/mol. The molecular formula is C12H13F2NO3. The topological polar surface area (TPSA) is 53.7 Å². The molecule has 0 unspecified atom stereocenters. The van der Waals surface area contributed by atoms with E-state index in [1.807, 2.05) is 0 Å². The van der Waals surface area contributed by atoms with Crippen LogP contribution in [0.2, 0.25) is 0 Å². The normalized spacial score (nSPS) is 22.6. The van der Waals surface area contributed by atoms with Gasteiger partial charge in [-0.3, -0.25) is 0 Å². The lowest BCUT2D eigenvalue weighted by molar-refractivity contribution is -0.286. The van der Waals surface area contributed by atoms with Crippen molar-refractivity contribution in [2.45, 2.75) is 12.7 Å². The maximum absolute atomic E-state index is 12.9. The van der Waals surface area contributed by atoms with Crippen LogP contribution in [0.4, 0.5) is 8.78 Å². The molecule has 98 valence electrons. The van der Waals surface area contributed by atoms with Gasteiger partial charge in [0, 0.05) is 12.0 Å². The first-order valence-corrected chi connectivity index (χ1v) is 5.69. The monoisotopic (exact) mass is 257 g/mol. The van der Waals surface area contributed by atoms with Gasteiger partial charge in [0.25, 0.3) is 0 Å². The third-order valence-electron chi connectivity index (χ3n) is 3.29. The van der Waals surface area contributed by atoms with Crippen LogP contribution in [0.3, 0.4) is 0 Å². The average molecular weight is 257 g/mol. The molecule has 2 aliphatic rings. The Morgan fingerprint density at radius 2 is 1.89 bits per heavy atom. The lowest BCUT2D eigenvalue weighted by Gasteiger charge is -2.40. The second-order valence-corrected chi connectivity index (χ2v) is 4.82. The Kier molecular flexibility index (Phi) is 2.46. The van der Waals surface area contributed by atoms with Gasteiger partial charge in [-0.1, -0.05) is 6.07 Å². The van der Waals surface area contributed by atoms with E-state index in [2.05, 4.69) is 9.47 Å². The molecule has 2 aliphatic heterocycles. The standard InChI is InChI=1S/C12H13F2NO3/c13-12(14)17-9-2-1-8(3-10(9)18-12)4-11(5-15)6-16-7-11/h1-3H,4-7,15H2. The average Bonchev–Trinajstić information content (AvgIpc) is 2.56. The van der Waals surface area contributed by atoms with Gasteiger partial charge in [-0.15, -0.1) is 8.78 Å². The van der Waals surface area contributed by atoms with Gasteiger partial charge in [-0.2, -0.15) is 0 Å². The number of alkyl halides is 2. The number of hydrogen-bond acceptors (Lipinski definition) is 4. The molecule has 1 aromatic carbocycles. The molecule has 0 spiro atoms. The molecule has 0 saturated carbocycles. The Labute approximate surface area is 103 Å². The molecule has 0 atom stereocenters. The van der Waals surface area contributed by atoms with Crippen LogP contribution < -0.4 is 15.2 Å². The molecule has 3 rings (SSSR count). The zero-order valence-electron chi connectivity index (χ0n) is 9.62. The van der Waals surface area contributed by atoms with Crippen molar-refractivity contribution in [2.24, 2.45) is 11.1 Å². The van der Waals surface area contributed by atoms with Crippen molar-refractivity contribution in [1.29, 1.82) is 0 Å². The molecule has 1 fully saturated rings. The van der Waals surface area contributed by atoms with Crippen LogP contribution in [0.15, 0.2) is 18.2 Å². The fourth-order valence-electron chi connectivity index (χ4n) is 2.22. The van der Waals surface area contributed by atoms with Crippen LogP contribution in [0.25, 0.3) is 0 Å². The first-order chi connectivity index (χ1) is 8.52. The number of fused-ring (bicyclic) bond motifs is 1. The minimum absolute atomic E-state index is 0.0652. The van der Waals surface area contributed by atoms with E-state index in [-0.39, 0.29) is 16.9 Å². The maximum atomic E-state index is 12.9. The van der Waals surface area contributed by atoms with Crippen LogP contribution >= 0.6 is 0 Å². The summed E-state index contributed by atoms with van der Waals surface area (Å²) in [7, 11) is 0. The van der Waals surface area contributed by atoms with Gasteiger partial charge < -0.3 is 19.9 Å². The lowest BCUT2D eigenvalue weighted by atomic mass is 9.80. The molecule has 4 nitrogen and oxygen atoms in total. The van der Waals surface area contributed by atoms with E-state index in [1.165, 1.54) is 6.07 Å². The van der Waals surface area contributed by atoms with E-state index in [4.69, 9.17) is 10.5 Å². The summed E-state index contributed by atoms with van der Waals surface area (Å²) in [6, 6.07) is 4.82. The molecule has 0 aromatic heterocycles. The van der Waals surface area contributed by atoms with Gasteiger partial charge in [-0.25, -0.2) is 0 Å². The van der Waals surface area contributed by atoms with Gasteiger partial charge in [-0.05, 0) is 24.1 Å². The van der Waals surface area contributed by atoms with Crippen molar-refractivity contribution >= 4 is 0 Å². The summed E-state index contributed by atoms with van der Waals surface area (Å²) in [6.07, 6.45) is -2.88. The van der Waals surface area contributed by atoms with Gasteiger partial charge in [0.2, 0.25) is 0 Å². The number of nitrogens with two attached hydrogens (primary N) is 1. The number of ether oxygens (including phenoxy) is 3. The minimum atomic E-state index is -3.56. The van der Waals surface area contributed by atoms with Gasteiger partial charge >= 0.3 is 6.29 Å². The number of rotatable bonds is 3. The number of benzene rings is 1. The Morgan fingerprint density at radius 1 is 1.17 bits per heavy atom. The summed E-state index contributed by atoms with van der Waals surface area (Å²) in [4.78, 5) is 0. The smallest absolute Gasteiger partial charge is 0.395 e. The second-order valence-electron chi connectivity index (χ2n) is 4.82. The van der Waals surface area contributed by atoms with Crippen LogP contribution in [0.5, 0.6) is 11.5 Å². The number of hydrogen-bond donors (Lipinski definition) is 1. The summed E-state index contributed by atoms with van der Waals surface area (Å²) in [5.41, 5.74) is 6.54. The van der Waals surface area contributed by atoms with Crippen LogP contribution in [0.1, 0.15) is 5.56 Å². The van der Waals surface area contributed by atoms with Crippen molar-refractivity contribution in [3.63, 3.8) is 0 Å². The molecule has 1 aromatic rings. The van der Waals surface area contributed by atoms with E-state index in [0.717, 1.165) is 5.56 Å². The quantitative estimate of drug-likeness (QED) is 0.892. The van der Waals surface area contributed by atoms with Crippen molar-refractivity contribution in [1.82, 2.24) is 0 Å². The fraction of sp³-hybridized carbons (Fsp3) is 0.500. The Hall–Kier alpha value is -1.40. The summed E-state index contributed by atoms with van der Waals surface area (Å²) < 4.78 is 39.7. The number of halogens is 2. The zero-order chi connectivity index (χ0) is 12.8. The molecule has 0 radical (unpaired) electrons. The Bertz CT molecular complexity index is 469. The highest BCUT2D eigenvalue weighted by atomic mass is 19.3. The van der Waals surface area contributed by atoms with Crippen molar-refractivity contribution in [3.05, 3.63) is 23.8 Å².